The molecule has 1 aromatic carbocycles. The number of anilines is 1. The van der Waals surface area contributed by atoms with E-state index in [9.17, 15) is 0 Å². The van der Waals surface area contributed by atoms with Gasteiger partial charge in [-0.25, -0.2) is 4.98 Å². The molecule has 0 unspecified atom stereocenters. The van der Waals surface area contributed by atoms with Crippen molar-refractivity contribution in [3.63, 3.8) is 0 Å². The molecule has 0 bridgehead atoms. The summed E-state index contributed by atoms with van der Waals surface area (Å²) in [5.41, 5.74) is 1.16. The van der Waals surface area contributed by atoms with Crippen LogP contribution >= 0.6 is 11.6 Å². The molecule has 0 amide bonds. The first kappa shape index (κ1) is 14.1. The van der Waals surface area contributed by atoms with E-state index in [1.807, 2.05) is 6.07 Å². The van der Waals surface area contributed by atoms with Crippen LogP contribution in [0.5, 0.6) is 0 Å². The summed E-state index contributed by atoms with van der Waals surface area (Å²) in [6.45, 7) is 7.65. The molecular weight excluding hydrogens is 256 g/mol. The van der Waals surface area contributed by atoms with Crippen LogP contribution in [0.4, 0.5) is 5.82 Å². The lowest BCUT2D eigenvalue weighted by molar-refractivity contribution is 0.418. The first-order valence-corrected chi connectivity index (χ1v) is 7.10. The molecule has 19 heavy (non-hydrogen) atoms. The number of nitrogens with zero attached hydrogens (tertiary/aromatic N) is 2. The monoisotopic (exact) mass is 276 g/mol. The molecular formula is C16H21ClN2. The highest BCUT2D eigenvalue weighted by atomic mass is 35.5. The standard InChI is InChI=1S/C16H21ClN2/c1-16(2,3)11-19(4)15-14-8-6-5-7-12(14)9-13(10-17)18-15/h5-9H,10-11H2,1-4H3. The van der Waals surface area contributed by atoms with Gasteiger partial charge in [-0.05, 0) is 16.9 Å². The largest absolute Gasteiger partial charge is 0.359 e. The van der Waals surface area contributed by atoms with Crippen LogP contribution in [0.2, 0.25) is 0 Å². The van der Waals surface area contributed by atoms with Crippen molar-refractivity contribution < 1.29 is 0 Å². The average molecular weight is 277 g/mol. The number of halogens is 1. The third kappa shape index (κ3) is 3.38. The Morgan fingerprint density at radius 1 is 1.21 bits per heavy atom. The average Bonchev–Trinajstić information content (AvgIpc) is 2.35. The molecule has 2 rings (SSSR count). The minimum atomic E-state index is 0.231. The van der Waals surface area contributed by atoms with Gasteiger partial charge in [0.2, 0.25) is 0 Å². The smallest absolute Gasteiger partial charge is 0.136 e. The number of pyridine rings is 1. The fourth-order valence-electron chi connectivity index (χ4n) is 2.38. The number of alkyl halides is 1. The number of hydrogen-bond acceptors (Lipinski definition) is 2. The van der Waals surface area contributed by atoms with Crippen molar-refractivity contribution in [3.8, 4) is 0 Å². The van der Waals surface area contributed by atoms with Gasteiger partial charge < -0.3 is 4.90 Å². The summed E-state index contributed by atoms with van der Waals surface area (Å²) >= 11 is 5.96. The van der Waals surface area contributed by atoms with E-state index in [-0.39, 0.29) is 5.41 Å². The predicted octanol–water partition coefficient (Wildman–Crippen LogP) is 4.46. The maximum absolute atomic E-state index is 5.96. The van der Waals surface area contributed by atoms with E-state index in [2.05, 4.69) is 57.0 Å². The van der Waals surface area contributed by atoms with Gasteiger partial charge in [-0.2, -0.15) is 0 Å². The fraction of sp³-hybridized carbons (Fsp3) is 0.438. The van der Waals surface area contributed by atoms with Crippen molar-refractivity contribution in [2.75, 3.05) is 18.5 Å². The lowest BCUT2D eigenvalue weighted by Gasteiger charge is -2.28. The van der Waals surface area contributed by atoms with Crippen molar-refractivity contribution in [1.29, 1.82) is 0 Å². The molecule has 0 aliphatic rings. The molecule has 0 radical (unpaired) electrons. The Morgan fingerprint density at radius 2 is 1.89 bits per heavy atom. The normalized spacial score (nSPS) is 11.8. The summed E-state index contributed by atoms with van der Waals surface area (Å²) in [4.78, 5) is 6.92. The van der Waals surface area contributed by atoms with Gasteiger partial charge in [0.1, 0.15) is 5.82 Å². The summed E-state index contributed by atoms with van der Waals surface area (Å²) in [6.07, 6.45) is 0. The van der Waals surface area contributed by atoms with Gasteiger partial charge in [0.25, 0.3) is 0 Å². The maximum Gasteiger partial charge on any atom is 0.136 e. The van der Waals surface area contributed by atoms with Gasteiger partial charge in [-0.15, -0.1) is 11.6 Å². The minimum absolute atomic E-state index is 0.231. The molecule has 0 N–H and O–H groups in total. The molecule has 0 saturated carbocycles. The quantitative estimate of drug-likeness (QED) is 0.770. The van der Waals surface area contributed by atoms with Crippen LogP contribution in [0.15, 0.2) is 30.3 Å². The van der Waals surface area contributed by atoms with Gasteiger partial charge in [0.15, 0.2) is 0 Å². The minimum Gasteiger partial charge on any atom is -0.359 e. The topological polar surface area (TPSA) is 16.1 Å². The van der Waals surface area contributed by atoms with Gasteiger partial charge in [0, 0.05) is 19.0 Å². The second-order valence-corrected chi connectivity index (χ2v) is 6.48. The maximum atomic E-state index is 5.96. The third-order valence-corrected chi connectivity index (χ3v) is 3.26. The molecule has 0 saturated heterocycles. The molecule has 2 aromatic rings. The van der Waals surface area contributed by atoms with E-state index in [0.29, 0.717) is 5.88 Å². The van der Waals surface area contributed by atoms with Crippen molar-refractivity contribution in [1.82, 2.24) is 4.98 Å². The van der Waals surface area contributed by atoms with Crippen LogP contribution in [0.25, 0.3) is 10.8 Å². The predicted molar refractivity (Wildman–Crippen MR) is 84.0 cm³/mol. The van der Waals surface area contributed by atoms with E-state index in [4.69, 9.17) is 16.6 Å². The molecule has 3 heteroatoms. The van der Waals surface area contributed by atoms with E-state index in [1.54, 1.807) is 0 Å². The lowest BCUT2D eigenvalue weighted by atomic mass is 9.96. The van der Waals surface area contributed by atoms with Crippen LogP contribution in [0.3, 0.4) is 0 Å². The van der Waals surface area contributed by atoms with Gasteiger partial charge >= 0.3 is 0 Å². The Hall–Kier alpha value is -1.28. The van der Waals surface area contributed by atoms with Gasteiger partial charge in [0.05, 0.1) is 11.6 Å². The molecule has 0 aliphatic carbocycles. The summed E-state index contributed by atoms with van der Waals surface area (Å²) in [5.74, 6) is 1.46. The van der Waals surface area contributed by atoms with Crippen LogP contribution in [-0.4, -0.2) is 18.6 Å². The molecule has 102 valence electrons. The first-order chi connectivity index (χ1) is 8.90. The van der Waals surface area contributed by atoms with Crippen molar-refractivity contribution in [2.45, 2.75) is 26.7 Å². The molecule has 1 aromatic heterocycles. The molecule has 0 fully saturated rings. The van der Waals surface area contributed by atoms with Crippen molar-refractivity contribution in [3.05, 3.63) is 36.0 Å². The zero-order valence-electron chi connectivity index (χ0n) is 12.1. The molecule has 0 atom stereocenters. The number of fused-ring (bicyclic) bond motifs is 1. The van der Waals surface area contributed by atoms with E-state index < -0.39 is 0 Å². The Bertz CT molecular complexity index is 572. The summed E-state index contributed by atoms with van der Waals surface area (Å²) in [6, 6.07) is 10.4. The highest BCUT2D eigenvalue weighted by Crippen LogP contribution is 2.27. The first-order valence-electron chi connectivity index (χ1n) is 6.56. The van der Waals surface area contributed by atoms with E-state index in [1.165, 1.54) is 10.8 Å². The third-order valence-electron chi connectivity index (χ3n) is 2.98. The number of aromatic nitrogens is 1. The molecule has 2 nitrogen and oxygen atoms in total. The van der Waals surface area contributed by atoms with Crippen LogP contribution in [-0.2, 0) is 5.88 Å². The zero-order valence-corrected chi connectivity index (χ0v) is 12.8. The Morgan fingerprint density at radius 3 is 2.53 bits per heavy atom. The number of hydrogen-bond donors (Lipinski definition) is 0. The number of benzene rings is 1. The summed E-state index contributed by atoms with van der Waals surface area (Å²) in [5, 5.41) is 2.38. The van der Waals surface area contributed by atoms with Crippen LogP contribution < -0.4 is 4.90 Å². The summed E-state index contributed by atoms with van der Waals surface area (Å²) < 4.78 is 0. The second kappa shape index (κ2) is 5.38. The van der Waals surface area contributed by atoms with Crippen molar-refractivity contribution >= 4 is 28.2 Å². The Balaban J connectivity index is 2.51. The molecule has 1 heterocycles. The van der Waals surface area contributed by atoms with Gasteiger partial charge in [-0.3, -0.25) is 0 Å². The molecule has 0 aliphatic heterocycles. The second-order valence-electron chi connectivity index (χ2n) is 6.21. The van der Waals surface area contributed by atoms with Crippen molar-refractivity contribution in [2.24, 2.45) is 5.41 Å². The lowest BCUT2D eigenvalue weighted by Crippen LogP contribution is -2.30. The van der Waals surface area contributed by atoms with Crippen LogP contribution in [0, 0.1) is 5.41 Å². The van der Waals surface area contributed by atoms with E-state index in [0.717, 1.165) is 18.1 Å². The van der Waals surface area contributed by atoms with Gasteiger partial charge in [-0.1, -0.05) is 45.0 Å². The highest BCUT2D eigenvalue weighted by Gasteiger charge is 2.17. The highest BCUT2D eigenvalue weighted by molar-refractivity contribution is 6.17. The molecule has 0 spiro atoms. The number of rotatable bonds is 3. The van der Waals surface area contributed by atoms with E-state index >= 15 is 0 Å². The zero-order chi connectivity index (χ0) is 14.0. The van der Waals surface area contributed by atoms with Crippen LogP contribution in [0.1, 0.15) is 26.5 Å². The Labute approximate surface area is 120 Å². The SMILES string of the molecule is CN(CC(C)(C)C)c1nc(CCl)cc2ccccc12. The fourth-order valence-corrected chi connectivity index (χ4v) is 2.52. The summed E-state index contributed by atoms with van der Waals surface area (Å²) in [7, 11) is 2.10. The Kier molecular flexibility index (Phi) is 4.00.